The van der Waals surface area contributed by atoms with Gasteiger partial charge in [0.05, 0.1) is 13.1 Å². The van der Waals surface area contributed by atoms with E-state index in [-0.39, 0.29) is 30.9 Å². The van der Waals surface area contributed by atoms with Crippen LogP contribution in [-0.4, -0.2) is 87.1 Å². The molecule has 7 rings (SSSR count). The third kappa shape index (κ3) is 14.5. The molecule has 4 N–H and O–H groups in total. The summed E-state index contributed by atoms with van der Waals surface area (Å²) in [7, 11) is -7.04. The fraction of sp³-hybridized carbons (Fsp3) is 0.432. The summed E-state index contributed by atoms with van der Waals surface area (Å²) in [4.78, 5) is 30.3. The van der Waals surface area contributed by atoms with Gasteiger partial charge in [0, 0.05) is 80.8 Å². The predicted molar refractivity (Wildman–Crippen MR) is 260 cm³/mol. The molecule has 0 atom stereocenters. The molecule has 0 bridgehead atoms. The number of thiophene rings is 2. The number of piperidine rings is 2. The number of hydrogen-bond donors (Lipinski definition) is 4. The lowest BCUT2D eigenvalue weighted by molar-refractivity contribution is 0.0943. The van der Waals surface area contributed by atoms with Crippen molar-refractivity contribution >= 4 is 94.2 Å². The minimum Gasteiger partial charge on any atom is -0.359 e. The number of halogens is 2. The Kier molecular flexibility index (Phi) is 19.0. The topological polar surface area (TPSA) is 170 Å². The Morgan fingerprint density at radius 2 is 1.12 bits per heavy atom. The lowest BCUT2D eigenvalue weighted by Crippen LogP contribution is -2.44. The lowest BCUT2D eigenvalue weighted by atomic mass is 10.1. The summed E-state index contributed by atoms with van der Waals surface area (Å²) in [6, 6.07) is 20.6. The number of rotatable bonds is 19. The van der Waals surface area contributed by atoms with Crippen LogP contribution in [0.2, 0.25) is 10.0 Å². The first-order valence-electron chi connectivity index (χ1n) is 21.5. The average molecular weight is 1010 g/mol. The van der Waals surface area contributed by atoms with Crippen LogP contribution >= 0.6 is 57.2 Å². The van der Waals surface area contributed by atoms with Crippen molar-refractivity contribution in [1.82, 2.24) is 29.5 Å². The number of amides is 2. The number of benzene rings is 2. The number of thiazole rings is 1. The van der Waals surface area contributed by atoms with Gasteiger partial charge in [0.1, 0.15) is 8.42 Å². The third-order valence-corrected chi connectivity index (χ3v) is 19.0. The minimum absolute atomic E-state index is 0.218. The van der Waals surface area contributed by atoms with Crippen LogP contribution in [0.5, 0.6) is 0 Å². The highest BCUT2D eigenvalue weighted by molar-refractivity contribution is 7.91. The molecule has 2 fully saturated rings. The van der Waals surface area contributed by atoms with Gasteiger partial charge in [-0.2, -0.15) is 8.61 Å². The first kappa shape index (κ1) is 50.0. The van der Waals surface area contributed by atoms with Gasteiger partial charge in [0.15, 0.2) is 5.13 Å². The van der Waals surface area contributed by atoms with Crippen molar-refractivity contribution in [1.29, 1.82) is 0 Å². The fourth-order valence-corrected chi connectivity index (χ4v) is 13.9. The number of carbonyl (C=O) groups excluding carboxylic acids is 2. The zero-order valence-corrected chi connectivity index (χ0v) is 41.2. The van der Waals surface area contributed by atoms with Crippen molar-refractivity contribution in [2.75, 3.05) is 38.0 Å². The standard InChI is InChI=1S/C24H34ClN3O3S2.C20H21ClN4O3S3/c1-2-3-4-5-6-15-26-21-13-16-28(17-14-21)33(30,31)23-12-11-22(32-23)18-27-24(29)19-7-9-20(25)10-8-19;21-15-3-1-14(2-4-15)19(26)23-13-17-5-6-18(30-17)31(27,28)25-10-7-16(8-11-25)24-20-22-9-12-29-20/h7-12,21,26H,2-6,13-18H2,1H3,(H,27,29);1-6,9,12,16H,7-8,10-11,13H2,(H,22,24)(H,23,26). The number of aromatic nitrogens is 1. The van der Waals surface area contributed by atoms with E-state index in [1.165, 1.54) is 59.1 Å². The summed E-state index contributed by atoms with van der Waals surface area (Å²) in [6.07, 6.45) is 11.2. The normalized spacial score (nSPS) is 15.6. The molecular weight excluding hydrogens is 954 g/mol. The monoisotopic (exact) mass is 1010 g/mol. The van der Waals surface area contributed by atoms with Crippen molar-refractivity contribution < 1.29 is 26.4 Å². The molecule has 13 nitrogen and oxygen atoms in total. The second-order valence-electron chi connectivity index (χ2n) is 15.5. The van der Waals surface area contributed by atoms with Gasteiger partial charge in [0.25, 0.3) is 31.9 Å². The highest BCUT2D eigenvalue weighted by Crippen LogP contribution is 2.29. The van der Waals surface area contributed by atoms with Crippen LogP contribution in [0.1, 0.15) is 95.2 Å². The van der Waals surface area contributed by atoms with Crippen molar-refractivity contribution in [2.45, 2.75) is 98.3 Å². The van der Waals surface area contributed by atoms with Gasteiger partial charge in [0.2, 0.25) is 0 Å². The smallest absolute Gasteiger partial charge is 0.252 e. The van der Waals surface area contributed by atoms with Crippen molar-refractivity contribution in [3.63, 3.8) is 0 Å². The molecule has 64 heavy (non-hydrogen) atoms. The molecule has 346 valence electrons. The summed E-state index contributed by atoms with van der Waals surface area (Å²) in [6.45, 7) is 5.78. The zero-order valence-electron chi connectivity index (χ0n) is 35.6. The Morgan fingerprint density at radius 3 is 1.58 bits per heavy atom. The lowest BCUT2D eigenvalue weighted by Gasteiger charge is -2.31. The maximum absolute atomic E-state index is 13.1. The molecule has 0 spiro atoms. The van der Waals surface area contributed by atoms with E-state index >= 15 is 0 Å². The summed E-state index contributed by atoms with van der Waals surface area (Å²) < 4.78 is 56.0. The first-order chi connectivity index (χ1) is 30.8. The van der Waals surface area contributed by atoms with Gasteiger partial charge >= 0.3 is 0 Å². The van der Waals surface area contributed by atoms with Gasteiger partial charge in [-0.15, -0.1) is 34.0 Å². The molecule has 5 aromatic rings. The third-order valence-electron chi connectivity index (χ3n) is 10.9. The molecular formula is C44H55Cl2N7O6S5. The van der Waals surface area contributed by atoms with E-state index in [1.54, 1.807) is 94.6 Å². The highest BCUT2D eigenvalue weighted by Gasteiger charge is 2.32. The van der Waals surface area contributed by atoms with Crippen LogP contribution in [0.15, 0.2) is 92.8 Å². The molecule has 0 saturated carbocycles. The minimum atomic E-state index is -3.54. The van der Waals surface area contributed by atoms with E-state index in [2.05, 4.69) is 33.2 Å². The largest absolute Gasteiger partial charge is 0.359 e. The van der Waals surface area contributed by atoms with E-state index in [0.29, 0.717) is 61.8 Å². The summed E-state index contributed by atoms with van der Waals surface area (Å²) in [5, 5.41) is 16.5. The van der Waals surface area contributed by atoms with Gasteiger partial charge in [-0.3, -0.25) is 9.59 Å². The van der Waals surface area contributed by atoms with Gasteiger partial charge in [-0.1, -0.05) is 55.8 Å². The van der Waals surface area contributed by atoms with Gasteiger partial charge in [-0.25, -0.2) is 21.8 Å². The molecule has 3 aromatic heterocycles. The predicted octanol–water partition coefficient (Wildman–Crippen LogP) is 9.10. The van der Waals surface area contributed by atoms with E-state index in [1.807, 2.05) is 5.38 Å². The number of nitrogens with one attached hydrogen (secondary N) is 4. The zero-order chi connectivity index (χ0) is 45.5. The number of unbranched alkanes of at least 4 members (excludes halogenated alkanes) is 4. The number of anilines is 1. The Morgan fingerprint density at radius 1 is 0.656 bits per heavy atom. The number of hydrogen-bond acceptors (Lipinski definition) is 12. The van der Waals surface area contributed by atoms with Crippen molar-refractivity contribution in [3.05, 3.63) is 115 Å². The molecule has 2 saturated heterocycles. The van der Waals surface area contributed by atoms with Crippen LogP contribution in [0, 0.1) is 0 Å². The molecule has 2 amide bonds. The Labute approximate surface area is 399 Å². The Hall–Kier alpha value is -3.43. The summed E-state index contributed by atoms with van der Waals surface area (Å²) in [5.74, 6) is -0.450. The maximum atomic E-state index is 13.1. The quantitative estimate of drug-likeness (QED) is 0.0590. The fourth-order valence-electron chi connectivity index (χ4n) is 7.22. The molecule has 2 aromatic carbocycles. The Bertz CT molecular complexity index is 2450. The van der Waals surface area contributed by atoms with Gasteiger partial charge < -0.3 is 21.3 Å². The van der Waals surface area contributed by atoms with E-state index in [0.717, 1.165) is 47.1 Å². The maximum Gasteiger partial charge on any atom is 0.252 e. The SMILES string of the molecule is CCCCCCCNC1CCN(S(=O)(=O)c2ccc(CNC(=O)c3ccc(Cl)cc3)s2)CC1.O=C(NCc1ccc(S(=O)(=O)N2CCC(Nc3nccs3)CC2)s1)c1ccc(Cl)cc1. The second-order valence-corrected chi connectivity index (χ2v) is 24.0. The van der Waals surface area contributed by atoms with Crippen LogP contribution in [0.25, 0.3) is 0 Å². The van der Waals surface area contributed by atoms with Gasteiger partial charge in [-0.05, 0) is 111 Å². The first-order valence-corrected chi connectivity index (χ1v) is 27.6. The van der Waals surface area contributed by atoms with E-state index in [9.17, 15) is 26.4 Å². The van der Waals surface area contributed by atoms with Crippen molar-refractivity contribution in [2.24, 2.45) is 0 Å². The van der Waals surface area contributed by atoms with Crippen LogP contribution in [0.3, 0.4) is 0 Å². The van der Waals surface area contributed by atoms with Crippen LogP contribution < -0.4 is 21.3 Å². The molecule has 0 radical (unpaired) electrons. The van der Waals surface area contributed by atoms with Crippen molar-refractivity contribution in [3.8, 4) is 0 Å². The summed E-state index contributed by atoms with van der Waals surface area (Å²) >= 11 is 15.6. The number of nitrogens with zero attached hydrogens (tertiary/aromatic N) is 3. The molecule has 5 heterocycles. The number of sulfonamides is 2. The average Bonchev–Trinajstić information content (AvgIpc) is 4.11. The molecule has 2 aliphatic heterocycles. The van der Waals surface area contributed by atoms with Crippen LogP contribution in [-0.2, 0) is 33.1 Å². The van der Waals surface area contributed by atoms with E-state index < -0.39 is 20.0 Å². The second kappa shape index (κ2) is 24.4. The molecule has 0 unspecified atom stereocenters. The molecule has 0 aliphatic carbocycles. The highest BCUT2D eigenvalue weighted by atomic mass is 35.5. The summed E-state index contributed by atoms with van der Waals surface area (Å²) in [5.41, 5.74) is 1.02. The molecule has 2 aliphatic rings. The Balaban J connectivity index is 0.000000213. The van der Waals surface area contributed by atoms with E-state index in [4.69, 9.17) is 23.2 Å². The molecule has 20 heteroatoms. The van der Waals surface area contributed by atoms with Crippen LogP contribution in [0.4, 0.5) is 5.13 Å². The number of carbonyl (C=O) groups is 2.